The van der Waals surface area contributed by atoms with Gasteiger partial charge in [-0.15, -0.1) is 10.1 Å². The second-order valence-electron chi connectivity index (χ2n) is 2.89. The molecule has 1 atom stereocenters. The van der Waals surface area contributed by atoms with Crippen LogP contribution >= 0.6 is 0 Å². The average Bonchev–Trinajstić information content (AvgIpc) is 2.09. The number of ether oxygens (including phenoxy) is 1. The molecule has 6 nitrogen and oxygen atoms in total. The van der Waals surface area contributed by atoms with Gasteiger partial charge in [-0.25, -0.2) is 0 Å². The number of nitrogens with zero attached hydrogens (tertiary/aromatic N) is 1. The summed E-state index contributed by atoms with van der Waals surface area (Å²) in [5.41, 5.74) is 0. The van der Waals surface area contributed by atoms with Gasteiger partial charge in [-0.05, 0) is 12.8 Å². The van der Waals surface area contributed by atoms with Crippen LogP contribution < -0.4 is 0 Å². The fraction of sp³-hybridized carbons (Fsp3) is 0.875. The highest BCUT2D eigenvalue weighted by Gasteiger charge is 2.13. The zero-order valence-electron chi connectivity index (χ0n) is 8.39. The van der Waals surface area contributed by atoms with Gasteiger partial charge < -0.3 is 9.57 Å². The lowest BCUT2D eigenvalue weighted by molar-refractivity contribution is -0.759. The van der Waals surface area contributed by atoms with Gasteiger partial charge in [-0.1, -0.05) is 13.3 Å². The molecule has 0 N–H and O–H groups in total. The Hall–Kier alpha value is -1.33. The Morgan fingerprint density at radius 3 is 2.64 bits per heavy atom. The monoisotopic (exact) mass is 205 g/mol. The van der Waals surface area contributed by atoms with Crippen molar-refractivity contribution in [1.29, 1.82) is 0 Å². The van der Waals surface area contributed by atoms with E-state index in [4.69, 9.17) is 4.74 Å². The fourth-order valence-electron chi connectivity index (χ4n) is 0.987. The largest absolute Gasteiger partial charge is 0.461 e. The van der Waals surface area contributed by atoms with Gasteiger partial charge in [0, 0.05) is 6.92 Å². The summed E-state index contributed by atoms with van der Waals surface area (Å²) in [6, 6.07) is 0. The van der Waals surface area contributed by atoms with Gasteiger partial charge in [0.1, 0.15) is 12.7 Å². The zero-order chi connectivity index (χ0) is 11.0. The van der Waals surface area contributed by atoms with Crippen LogP contribution in [0, 0.1) is 10.1 Å². The molecule has 0 aliphatic rings. The van der Waals surface area contributed by atoms with E-state index in [-0.39, 0.29) is 6.61 Å². The predicted octanol–water partition coefficient (Wildman–Crippen LogP) is 1.32. The molecule has 0 aromatic rings. The van der Waals surface area contributed by atoms with Crippen LogP contribution in [0.1, 0.15) is 33.1 Å². The summed E-state index contributed by atoms with van der Waals surface area (Å²) < 4.78 is 4.83. The number of carbonyl (C=O) groups excluding carboxylic acids is 1. The standard InChI is InChI=1S/C8H15NO5/c1-3-4-5-8(14-7(2)10)6-13-9(11)12/h8H,3-6H2,1-2H3. The van der Waals surface area contributed by atoms with E-state index in [0.717, 1.165) is 12.8 Å². The van der Waals surface area contributed by atoms with Crippen molar-refractivity contribution in [2.24, 2.45) is 0 Å². The first-order valence-corrected chi connectivity index (χ1v) is 4.50. The number of hydrogen-bond acceptors (Lipinski definition) is 5. The van der Waals surface area contributed by atoms with Crippen molar-refractivity contribution in [3.05, 3.63) is 10.1 Å². The van der Waals surface area contributed by atoms with E-state index in [2.05, 4.69) is 4.84 Å². The minimum absolute atomic E-state index is 0.188. The lowest BCUT2D eigenvalue weighted by atomic mass is 10.2. The molecule has 0 saturated heterocycles. The van der Waals surface area contributed by atoms with Crippen molar-refractivity contribution in [3.63, 3.8) is 0 Å². The maximum Gasteiger partial charge on any atom is 0.302 e. The van der Waals surface area contributed by atoms with Crippen LogP contribution in [0.3, 0.4) is 0 Å². The highest BCUT2D eigenvalue weighted by molar-refractivity contribution is 5.66. The number of carbonyl (C=O) groups is 1. The fourth-order valence-corrected chi connectivity index (χ4v) is 0.987. The molecule has 6 heteroatoms. The molecular formula is C8H15NO5. The molecule has 0 aromatic heterocycles. The zero-order valence-corrected chi connectivity index (χ0v) is 8.39. The van der Waals surface area contributed by atoms with E-state index < -0.39 is 17.2 Å². The molecule has 0 radical (unpaired) electrons. The summed E-state index contributed by atoms with van der Waals surface area (Å²) >= 11 is 0. The second kappa shape index (κ2) is 7.11. The minimum Gasteiger partial charge on any atom is -0.461 e. The number of unbranched alkanes of at least 4 members (excludes halogenated alkanes) is 1. The predicted molar refractivity (Wildman–Crippen MR) is 48.0 cm³/mol. The van der Waals surface area contributed by atoms with E-state index in [1.54, 1.807) is 0 Å². The Bertz CT molecular complexity index is 194. The minimum atomic E-state index is -0.886. The summed E-state index contributed by atoms with van der Waals surface area (Å²) in [4.78, 5) is 24.7. The first kappa shape index (κ1) is 12.7. The molecule has 0 saturated carbocycles. The third-order valence-corrected chi connectivity index (χ3v) is 1.58. The van der Waals surface area contributed by atoms with Crippen LogP contribution in [0.4, 0.5) is 0 Å². The first-order chi connectivity index (χ1) is 6.56. The van der Waals surface area contributed by atoms with E-state index in [1.165, 1.54) is 6.92 Å². The molecule has 14 heavy (non-hydrogen) atoms. The lowest BCUT2D eigenvalue weighted by Crippen LogP contribution is -2.23. The molecule has 82 valence electrons. The van der Waals surface area contributed by atoms with Gasteiger partial charge in [0.05, 0.1) is 0 Å². The van der Waals surface area contributed by atoms with E-state index in [9.17, 15) is 14.9 Å². The van der Waals surface area contributed by atoms with Gasteiger partial charge in [-0.2, -0.15) is 0 Å². The molecule has 0 heterocycles. The van der Waals surface area contributed by atoms with E-state index in [1.807, 2.05) is 6.92 Å². The molecule has 0 aromatic carbocycles. The second-order valence-corrected chi connectivity index (χ2v) is 2.89. The van der Waals surface area contributed by atoms with Gasteiger partial charge in [0.2, 0.25) is 0 Å². The quantitative estimate of drug-likeness (QED) is 0.355. The summed E-state index contributed by atoms with van der Waals surface area (Å²) in [5.74, 6) is -0.446. The lowest BCUT2D eigenvalue weighted by Gasteiger charge is -2.14. The summed E-state index contributed by atoms with van der Waals surface area (Å²) in [6.07, 6.45) is 1.86. The normalized spacial score (nSPS) is 11.9. The van der Waals surface area contributed by atoms with Crippen LogP contribution in [0.5, 0.6) is 0 Å². The Labute approximate surface area is 82.3 Å². The van der Waals surface area contributed by atoms with E-state index in [0.29, 0.717) is 6.42 Å². The van der Waals surface area contributed by atoms with Crippen LogP contribution in [0.15, 0.2) is 0 Å². The van der Waals surface area contributed by atoms with Crippen LogP contribution in [0.25, 0.3) is 0 Å². The average molecular weight is 205 g/mol. The summed E-state index contributed by atoms with van der Waals surface area (Å²) in [5, 5.41) is 9.02. The number of esters is 1. The van der Waals surface area contributed by atoms with Crippen molar-refractivity contribution in [2.75, 3.05) is 6.61 Å². The molecule has 0 amide bonds. The molecule has 0 rings (SSSR count). The van der Waals surface area contributed by atoms with Gasteiger partial charge in [0.15, 0.2) is 0 Å². The van der Waals surface area contributed by atoms with Crippen molar-refractivity contribution < 1.29 is 19.5 Å². The van der Waals surface area contributed by atoms with Crippen LogP contribution in [-0.4, -0.2) is 23.8 Å². The SMILES string of the molecule is CCCCC(CO[N+](=O)[O-])OC(C)=O. The Kier molecular flexibility index (Phi) is 6.43. The van der Waals surface area contributed by atoms with Crippen LogP contribution in [-0.2, 0) is 14.4 Å². The summed E-state index contributed by atoms with van der Waals surface area (Å²) in [7, 11) is 0. The third kappa shape index (κ3) is 7.33. The maximum absolute atomic E-state index is 10.6. The van der Waals surface area contributed by atoms with Crippen molar-refractivity contribution in [1.82, 2.24) is 0 Å². The van der Waals surface area contributed by atoms with Crippen molar-refractivity contribution in [2.45, 2.75) is 39.2 Å². The third-order valence-electron chi connectivity index (χ3n) is 1.58. The highest BCUT2D eigenvalue weighted by atomic mass is 17.0. The number of hydrogen-bond donors (Lipinski definition) is 0. The molecule has 0 spiro atoms. The van der Waals surface area contributed by atoms with Gasteiger partial charge in [0.25, 0.3) is 5.09 Å². The molecule has 0 fully saturated rings. The first-order valence-electron chi connectivity index (χ1n) is 4.50. The molecule has 0 aliphatic heterocycles. The molecule has 0 bridgehead atoms. The maximum atomic E-state index is 10.6. The Morgan fingerprint density at radius 1 is 1.57 bits per heavy atom. The topological polar surface area (TPSA) is 78.7 Å². The van der Waals surface area contributed by atoms with Gasteiger partial charge in [-0.3, -0.25) is 4.79 Å². The Balaban J connectivity index is 3.83. The Morgan fingerprint density at radius 2 is 2.21 bits per heavy atom. The smallest absolute Gasteiger partial charge is 0.302 e. The number of rotatable bonds is 7. The van der Waals surface area contributed by atoms with E-state index >= 15 is 0 Å². The summed E-state index contributed by atoms with van der Waals surface area (Å²) in [6.45, 7) is 3.07. The molecule has 0 aliphatic carbocycles. The van der Waals surface area contributed by atoms with Crippen molar-refractivity contribution >= 4 is 5.97 Å². The highest BCUT2D eigenvalue weighted by Crippen LogP contribution is 2.05. The molecular weight excluding hydrogens is 190 g/mol. The van der Waals surface area contributed by atoms with Crippen LogP contribution in [0.2, 0.25) is 0 Å². The van der Waals surface area contributed by atoms with Gasteiger partial charge >= 0.3 is 5.97 Å². The molecule has 1 unspecified atom stereocenters. The van der Waals surface area contributed by atoms with Crippen molar-refractivity contribution in [3.8, 4) is 0 Å².